The van der Waals surface area contributed by atoms with Crippen LogP contribution in [-0.4, -0.2) is 58.1 Å². The zero-order chi connectivity index (χ0) is 21.8. The second-order valence-corrected chi connectivity index (χ2v) is 10.4. The molecule has 4 heterocycles. The van der Waals surface area contributed by atoms with E-state index in [0.717, 1.165) is 30.4 Å². The summed E-state index contributed by atoms with van der Waals surface area (Å²) in [7, 11) is -3.65. The smallest absolute Gasteiger partial charge is 0.243 e. The van der Waals surface area contributed by atoms with E-state index >= 15 is 0 Å². The first-order chi connectivity index (χ1) is 14.8. The first-order valence-electron chi connectivity index (χ1n) is 10.5. The monoisotopic (exact) mass is 442 g/mol. The van der Waals surface area contributed by atoms with Crippen LogP contribution in [0.5, 0.6) is 0 Å². The third-order valence-corrected chi connectivity index (χ3v) is 9.03. The molecule has 9 nitrogen and oxygen atoms in total. The van der Waals surface area contributed by atoms with Gasteiger partial charge in [-0.2, -0.15) is 9.40 Å². The summed E-state index contributed by atoms with van der Waals surface area (Å²) in [6, 6.07) is 5.17. The highest BCUT2D eigenvalue weighted by Crippen LogP contribution is 2.46. The molecule has 0 saturated carbocycles. The number of benzene rings is 1. The van der Waals surface area contributed by atoms with Crippen molar-refractivity contribution in [3.8, 4) is 11.3 Å². The molecule has 1 atom stereocenters. The van der Waals surface area contributed by atoms with Gasteiger partial charge >= 0.3 is 0 Å². The van der Waals surface area contributed by atoms with E-state index in [-0.39, 0.29) is 22.2 Å². The van der Waals surface area contributed by atoms with E-state index in [1.54, 1.807) is 27.2 Å². The fourth-order valence-corrected chi connectivity index (χ4v) is 6.76. The summed E-state index contributed by atoms with van der Waals surface area (Å²) < 4.78 is 36.1. The Kier molecular flexibility index (Phi) is 4.76. The van der Waals surface area contributed by atoms with Gasteiger partial charge in [0, 0.05) is 31.4 Å². The summed E-state index contributed by atoms with van der Waals surface area (Å²) in [6.45, 7) is 5.91. The average molecular weight is 443 g/mol. The molecule has 2 aromatic heterocycles. The maximum Gasteiger partial charge on any atom is 0.243 e. The number of anilines is 1. The van der Waals surface area contributed by atoms with E-state index in [2.05, 4.69) is 15.1 Å². The third-order valence-electron chi connectivity index (χ3n) is 7.06. The number of rotatable bonds is 3. The van der Waals surface area contributed by atoms with Crippen LogP contribution in [0.1, 0.15) is 31.7 Å². The maximum absolute atomic E-state index is 13.6. The average Bonchev–Trinajstić information content (AvgIpc) is 3.32. The minimum Gasteiger partial charge on any atom is -0.381 e. The maximum atomic E-state index is 13.6. The summed E-state index contributed by atoms with van der Waals surface area (Å²) in [5.74, 6) is 0.273. The number of hydrogen-bond donors (Lipinski definition) is 1. The molecule has 2 fully saturated rings. The van der Waals surface area contributed by atoms with Crippen molar-refractivity contribution in [1.82, 2.24) is 23.9 Å². The zero-order valence-electron chi connectivity index (χ0n) is 17.7. The second kappa shape index (κ2) is 7.25. The van der Waals surface area contributed by atoms with Gasteiger partial charge in [-0.1, -0.05) is 6.07 Å². The number of imidazole rings is 1. The minimum atomic E-state index is -3.65. The molecule has 2 N–H and O–H groups in total. The molecule has 0 aliphatic carbocycles. The van der Waals surface area contributed by atoms with Crippen molar-refractivity contribution in [2.24, 2.45) is 5.41 Å². The number of nitrogens with zero attached hydrogens (tertiary/aromatic N) is 5. The van der Waals surface area contributed by atoms with Crippen LogP contribution in [-0.2, 0) is 14.8 Å². The molecule has 1 spiro atoms. The van der Waals surface area contributed by atoms with E-state index in [9.17, 15) is 8.42 Å². The van der Waals surface area contributed by atoms with Gasteiger partial charge in [0.05, 0.1) is 16.8 Å². The van der Waals surface area contributed by atoms with E-state index in [1.165, 1.54) is 6.33 Å². The van der Waals surface area contributed by atoms with E-state index < -0.39 is 10.0 Å². The Morgan fingerprint density at radius 1 is 1.19 bits per heavy atom. The van der Waals surface area contributed by atoms with Crippen molar-refractivity contribution in [3.05, 3.63) is 36.3 Å². The lowest BCUT2D eigenvalue weighted by Crippen LogP contribution is -2.43. The van der Waals surface area contributed by atoms with Gasteiger partial charge in [-0.25, -0.2) is 22.9 Å². The molecular formula is C21H26N6O3S. The molecule has 10 heteroatoms. The van der Waals surface area contributed by atoms with Gasteiger partial charge in [0.2, 0.25) is 10.0 Å². The van der Waals surface area contributed by atoms with E-state index in [0.29, 0.717) is 31.1 Å². The molecule has 0 bridgehead atoms. The van der Waals surface area contributed by atoms with Crippen LogP contribution < -0.4 is 5.73 Å². The van der Waals surface area contributed by atoms with Crippen molar-refractivity contribution in [2.75, 3.05) is 25.5 Å². The highest BCUT2D eigenvalue weighted by molar-refractivity contribution is 7.89. The van der Waals surface area contributed by atoms with Gasteiger partial charge in [0.25, 0.3) is 0 Å². The Labute approximate surface area is 181 Å². The standard InChI is InChI=1S/C21H26N6O3S/c1-14-3-4-16(11-17(14)18-12-23-20-19(22)24-13-25-27(18)20)31(28,29)26-8-5-21(15(26)2)6-9-30-10-7-21/h3-4,11-13,15H,5-10H2,1-2H3,(H2,22,24,25). The number of sulfonamides is 1. The molecule has 2 aliphatic heterocycles. The van der Waals surface area contributed by atoms with Crippen molar-refractivity contribution >= 4 is 21.5 Å². The minimum absolute atomic E-state index is 0.00887. The Morgan fingerprint density at radius 2 is 1.97 bits per heavy atom. The van der Waals surface area contributed by atoms with Crippen molar-refractivity contribution in [3.63, 3.8) is 0 Å². The molecule has 0 radical (unpaired) electrons. The van der Waals surface area contributed by atoms with Gasteiger partial charge in [-0.05, 0) is 56.2 Å². The van der Waals surface area contributed by atoms with Gasteiger partial charge in [-0.15, -0.1) is 0 Å². The molecule has 2 saturated heterocycles. The molecule has 3 aromatic rings. The van der Waals surface area contributed by atoms with Gasteiger partial charge in [-0.3, -0.25) is 0 Å². The zero-order valence-corrected chi connectivity index (χ0v) is 18.5. The normalized spacial score (nSPS) is 21.8. The van der Waals surface area contributed by atoms with Crippen molar-refractivity contribution < 1.29 is 13.2 Å². The van der Waals surface area contributed by atoms with Crippen LogP contribution in [0, 0.1) is 12.3 Å². The first-order valence-corrected chi connectivity index (χ1v) is 11.9. The molecule has 31 heavy (non-hydrogen) atoms. The summed E-state index contributed by atoms with van der Waals surface area (Å²) in [6.07, 6.45) is 5.70. The molecule has 0 amide bonds. The summed E-state index contributed by atoms with van der Waals surface area (Å²) in [5.41, 5.74) is 8.71. The van der Waals surface area contributed by atoms with Gasteiger partial charge in [0.15, 0.2) is 11.5 Å². The van der Waals surface area contributed by atoms with Crippen molar-refractivity contribution in [1.29, 1.82) is 0 Å². The number of ether oxygens (including phenoxy) is 1. The quantitative estimate of drug-likeness (QED) is 0.661. The Balaban J connectivity index is 1.55. The molecule has 1 aromatic carbocycles. The summed E-state index contributed by atoms with van der Waals surface area (Å²) >= 11 is 0. The Morgan fingerprint density at radius 3 is 2.74 bits per heavy atom. The topological polar surface area (TPSA) is 116 Å². The number of aryl methyl sites for hydroxylation is 1. The van der Waals surface area contributed by atoms with Gasteiger partial charge in [0.1, 0.15) is 6.33 Å². The van der Waals surface area contributed by atoms with Crippen LogP contribution in [0.25, 0.3) is 16.9 Å². The van der Waals surface area contributed by atoms with E-state index in [1.807, 2.05) is 19.9 Å². The lowest BCUT2D eigenvalue weighted by atomic mass is 9.75. The summed E-state index contributed by atoms with van der Waals surface area (Å²) in [5, 5.41) is 4.25. The number of aromatic nitrogens is 4. The molecule has 1 unspecified atom stereocenters. The number of nitrogen functional groups attached to an aromatic ring is 1. The van der Waals surface area contributed by atoms with Crippen LogP contribution in [0.3, 0.4) is 0 Å². The van der Waals surface area contributed by atoms with Crippen LogP contribution in [0.15, 0.2) is 35.6 Å². The predicted octanol–water partition coefficient (Wildman–Crippen LogP) is 2.26. The van der Waals surface area contributed by atoms with Crippen LogP contribution >= 0.6 is 0 Å². The lowest BCUT2D eigenvalue weighted by Gasteiger charge is -2.38. The van der Waals surface area contributed by atoms with Gasteiger partial charge < -0.3 is 10.5 Å². The Hall–Kier alpha value is -2.56. The fourth-order valence-electron chi connectivity index (χ4n) is 5.01. The summed E-state index contributed by atoms with van der Waals surface area (Å²) in [4.78, 5) is 8.56. The Bertz CT molecular complexity index is 1250. The van der Waals surface area contributed by atoms with Crippen molar-refractivity contribution in [2.45, 2.75) is 44.0 Å². The SMILES string of the molecule is Cc1ccc(S(=O)(=O)N2CCC3(CCOCC3)C2C)cc1-c1cnc2c(N)ncnn12. The highest BCUT2D eigenvalue weighted by atomic mass is 32.2. The lowest BCUT2D eigenvalue weighted by molar-refractivity contribution is 0.00582. The third kappa shape index (κ3) is 3.12. The highest BCUT2D eigenvalue weighted by Gasteiger charge is 2.49. The van der Waals surface area contributed by atoms with Crippen LogP contribution in [0.4, 0.5) is 5.82 Å². The molecule has 2 aliphatic rings. The molecule has 164 valence electrons. The second-order valence-electron chi connectivity index (χ2n) is 8.52. The molecule has 5 rings (SSSR count). The fraction of sp³-hybridized carbons (Fsp3) is 0.476. The number of fused-ring (bicyclic) bond motifs is 1. The first kappa shape index (κ1) is 20.3. The molecular weight excluding hydrogens is 416 g/mol. The van der Waals surface area contributed by atoms with E-state index in [4.69, 9.17) is 10.5 Å². The number of hydrogen-bond acceptors (Lipinski definition) is 7. The number of nitrogens with two attached hydrogens (primary N) is 1. The van der Waals surface area contributed by atoms with Crippen LogP contribution in [0.2, 0.25) is 0 Å². The largest absolute Gasteiger partial charge is 0.381 e. The predicted molar refractivity (Wildman–Crippen MR) is 116 cm³/mol.